The average Bonchev–Trinajstić information content (AvgIpc) is 2.75. The lowest BCUT2D eigenvalue weighted by molar-refractivity contribution is -0.351. The fourth-order valence-corrected chi connectivity index (χ4v) is 3.94. The molecule has 6 N–H and O–H groups in total. The number of rotatable bonds is 9. The molecule has 2 rings (SSSR count). The Hall–Kier alpha value is -0.400. The molecule has 0 spiro atoms. The molecule has 2 fully saturated rings. The number of aliphatic hydroxyl groups is 6. The van der Waals surface area contributed by atoms with Crippen molar-refractivity contribution in [1.82, 2.24) is 0 Å². The summed E-state index contributed by atoms with van der Waals surface area (Å²) in [6.07, 6.45) is -11.0. The fourth-order valence-electron chi connectivity index (χ4n) is 3.94. The molecule has 0 aromatic heterocycles. The Bertz CT molecular complexity index is 546. The van der Waals surface area contributed by atoms with Crippen LogP contribution in [0.25, 0.3) is 0 Å². The van der Waals surface area contributed by atoms with Crippen LogP contribution in [0.1, 0.15) is 47.5 Å². The number of hydrogen-bond acceptors (Lipinski definition) is 10. The first-order valence-corrected chi connectivity index (χ1v) is 11.1. The van der Waals surface area contributed by atoms with Gasteiger partial charge < -0.3 is 49.6 Å². The van der Waals surface area contributed by atoms with E-state index >= 15 is 0 Å². The molecule has 10 nitrogen and oxygen atoms in total. The quantitative estimate of drug-likeness (QED) is 0.254. The van der Waals surface area contributed by atoms with Crippen LogP contribution in [0.3, 0.4) is 0 Å². The van der Waals surface area contributed by atoms with Crippen molar-refractivity contribution in [2.45, 2.75) is 115 Å². The Morgan fingerprint density at radius 2 is 1.39 bits per heavy atom. The van der Waals surface area contributed by atoms with Crippen molar-refractivity contribution in [3.05, 3.63) is 0 Å². The summed E-state index contributed by atoms with van der Waals surface area (Å²) in [5, 5.41) is 62.2. The molecule has 0 aliphatic carbocycles. The zero-order valence-electron chi connectivity index (χ0n) is 19.0. The highest BCUT2D eigenvalue weighted by Crippen LogP contribution is 2.38. The lowest BCUT2D eigenvalue weighted by Gasteiger charge is -2.50. The van der Waals surface area contributed by atoms with Gasteiger partial charge in [-0.15, -0.1) is 0 Å². The van der Waals surface area contributed by atoms with Gasteiger partial charge in [0.05, 0.1) is 25.4 Å². The third-order valence-electron chi connectivity index (χ3n) is 6.62. The second kappa shape index (κ2) is 11.1. The lowest BCUT2D eigenvalue weighted by atomic mass is 9.77. The molecule has 2 aliphatic rings. The van der Waals surface area contributed by atoms with Crippen LogP contribution in [0, 0.1) is 5.41 Å². The molecule has 7 unspecified atom stereocenters. The minimum Gasteiger partial charge on any atom is -0.394 e. The number of aliphatic hydroxyl groups excluding tert-OH is 6. The SMILES string of the molecule is CCC(C)OC1C(O)[C@H](OC2C(O)[C@H](C(C)(C)CC)OC(CO)[C@H]2O)OC(CO)[C@H]1O. The molecule has 10 heteroatoms. The summed E-state index contributed by atoms with van der Waals surface area (Å²) in [4.78, 5) is 0. The third-order valence-corrected chi connectivity index (χ3v) is 6.62. The Kier molecular flexibility index (Phi) is 9.66. The van der Waals surface area contributed by atoms with E-state index in [0.29, 0.717) is 12.8 Å². The van der Waals surface area contributed by atoms with E-state index in [1.807, 2.05) is 27.7 Å². The van der Waals surface area contributed by atoms with E-state index in [0.717, 1.165) is 0 Å². The van der Waals surface area contributed by atoms with Gasteiger partial charge in [0.25, 0.3) is 0 Å². The second-order valence-corrected chi connectivity index (χ2v) is 9.23. The first-order valence-electron chi connectivity index (χ1n) is 11.1. The van der Waals surface area contributed by atoms with Gasteiger partial charge in [0, 0.05) is 0 Å². The molecule has 0 aromatic carbocycles. The van der Waals surface area contributed by atoms with E-state index in [9.17, 15) is 30.6 Å². The van der Waals surface area contributed by atoms with Crippen molar-refractivity contribution >= 4 is 0 Å². The van der Waals surface area contributed by atoms with Crippen LogP contribution in [0.15, 0.2) is 0 Å². The van der Waals surface area contributed by atoms with E-state index in [2.05, 4.69) is 0 Å². The highest BCUT2D eigenvalue weighted by Gasteiger charge is 2.53. The maximum Gasteiger partial charge on any atom is 0.187 e. The number of ether oxygens (including phenoxy) is 4. The van der Waals surface area contributed by atoms with Gasteiger partial charge >= 0.3 is 0 Å². The lowest BCUT2D eigenvalue weighted by Crippen LogP contribution is -2.66. The monoisotopic (exact) mass is 452 g/mol. The molecular formula is C21H40O10. The summed E-state index contributed by atoms with van der Waals surface area (Å²) < 4.78 is 22.9. The van der Waals surface area contributed by atoms with Crippen molar-refractivity contribution in [2.24, 2.45) is 5.41 Å². The molecular weight excluding hydrogens is 412 g/mol. The van der Waals surface area contributed by atoms with Crippen molar-refractivity contribution in [3.8, 4) is 0 Å². The van der Waals surface area contributed by atoms with Gasteiger partial charge in [-0.05, 0) is 25.2 Å². The van der Waals surface area contributed by atoms with E-state index in [4.69, 9.17) is 18.9 Å². The zero-order chi connectivity index (χ0) is 23.5. The summed E-state index contributed by atoms with van der Waals surface area (Å²) in [7, 11) is 0. The summed E-state index contributed by atoms with van der Waals surface area (Å²) in [5.41, 5.74) is -0.493. The van der Waals surface area contributed by atoms with Crippen LogP contribution < -0.4 is 0 Å². The second-order valence-electron chi connectivity index (χ2n) is 9.23. The molecule has 0 aromatic rings. The van der Waals surface area contributed by atoms with Gasteiger partial charge in [0.2, 0.25) is 0 Å². The topological polar surface area (TPSA) is 158 Å². The van der Waals surface area contributed by atoms with Crippen molar-refractivity contribution in [3.63, 3.8) is 0 Å². The van der Waals surface area contributed by atoms with Crippen molar-refractivity contribution in [1.29, 1.82) is 0 Å². The first kappa shape index (κ1) is 26.8. The van der Waals surface area contributed by atoms with Gasteiger partial charge in [-0.25, -0.2) is 0 Å². The predicted molar refractivity (Wildman–Crippen MR) is 109 cm³/mol. The van der Waals surface area contributed by atoms with Gasteiger partial charge in [0.1, 0.15) is 48.8 Å². The first-order chi connectivity index (χ1) is 14.5. The average molecular weight is 453 g/mol. The van der Waals surface area contributed by atoms with Gasteiger partial charge in [-0.1, -0.05) is 27.7 Å². The third kappa shape index (κ3) is 5.75. The minimum absolute atomic E-state index is 0.278. The maximum absolute atomic E-state index is 11.0. The molecule has 0 radical (unpaired) electrons. The smallest absolute Gasteiger partial charge is 0.187 e. The van der Waals surface area contributed by atoms with E-state index < -0.39 is 79.9 Å². The van der Waals surface area contributed by atoms with E-state index in [-0.39, 0.29) is 6.10 Å². The standard InChI is InChI=1S/C21H40O10/c1-6-10(3)28-18-14(25)12(9-23)30-20(16(18)27)31-17-13(24)11(8-22)29-19(15(17)26)21(4,5)7-2/h10-20,22-27H,6-9H2,1-5H3/t10?,11?,12?,13-,14-,15?,16?,17?,18?,19-,20+/m1/s1. The molecule has 2 heterocycles. The van der Waals surface area contributed by atoms with Crippen LogP contribution in [0.5, 0.6) is 0 Å². The predicted octanol–water partition coefficient (Wildman–Crippen LogP) is -1.09. The highest BCUT2D eigenvalue weighted by molar-refractivity contribution is 4.99. The Balaban J connectivity index is 2.27. The molecule has 0 saturated carbocycles. The van der Waals surface area contributed by atoms with Crippen LogP contribution in [-0.4, -0.2) is 111 Å². The van der Waals surface area contributed by atoms with E-state index in [1.165, 1.54) is 0 Å². The summed E-state index contributed by atoms with van der Waals surface area (Å²) in [5.74, 6) is 0. The maximum atomic E-state index is 11.0. The van der Waals surface area contributed by atoms with Crippen LogP contribution in [0.4, 0.5) is 0 Å². The molecule has 0 amide bonds. The Morgan fingerprint density at radius 3 is 1.90 bits per heavy atom. The van der Waals surface area contributed by atoms with E-state index in [1.54, 1.807) is 6.92 Å². The Labute approximate surface area is 183 Å². The minimum atomic E-state index is -1.45. The fraction of sp³-hybridized carbons (Fsp3) is 1.00. The molecule has 0 bridgehead atoms. The van der Waals surface area contributed by atoms with Crippen LogP contribution >= 0.6 is 0 Å². The summed E-state index contributed by atoms with van der Waals surface area (Å²) >= 11 is 0. The largest absolute Gasteiger partial charge is 0.394 e. The molecule has 184 valence electrons. The molecule has 2 saturated heterocycles. The van der Waals surface area contributed by atoms with Gasteiger partial charge in [-0.3, -0.25) is 0 Å². The molecule has 31 heavy (non-hydrogen) atoms. The van der Waals surface area contributed by atoms with Crippen LogP contribution in [-0.2, 0) is 18.9 Å². The molecule has 11 atom stereocenters. The summed E-state index contributed by atoms with van der Waals surface area (Å²) in [6.45, 7) is 8.36. The Morgan fingerprint density at radius 1 is 0.839 bits per heavy atom. The highest BCUT2D eigenvalue weighted by atomic mass is 16.7. The summed E-state index contributed by atoms with van der Waals surface area (Å²) in [6, 6.07) is 0. The van der Waals surface area contributed by atoms with Gasteiger partial charge in [-0.2, -0.15) is 0 Å². The number of hydrogen-bond donors (Lipinski definition) is 6. The van der Waals surface area contributed by atoms with Crippen LogP contribution in [0.2, 0.25) is 0 Å². The molecule has 2 aliphatic heterocycles. The van der Waals surface area contributed by atoms with Gasteiger partial charge in [0.15, 0.2) is 6.29 Å². The van der Waals surface area contributed by atoms with Crippen molar-refractivity contribution < 1.29 is 49.6 Å². The normalized spacial score (nSPS) is 43.1. The van der Waals surface area contributed by atoms with Crippen molar-refractivity contribution in [2.75, 3.05) is 13.2 Å². The zero-order valence-corrected chi connectivity index (χ0v) is 19.0.